The van der Waals surface area contributed by atoms with Crippen LogP contribution in [0.2, 0.25) is 0 Å². The second-order valence-corrected chi connectivity index (χ2v) is 5.37. The third kappa shape index (κ3) is 7.95. The van der Waals surface area contributed by atoms with E-state index in [0.29, 0.717) is 18.4 Å². The van der Waals surface area contributed by atoms with Gasteiger partial charge in [0, 0.05) is 11.0 Å². The number of halogens is 1. The van der Waals surface area contributed by atoms with Crippen LogP contribution >= 0.6 is 22.6 Å². The van der Waals surface area contributed by atoms with Crippen molar-refractivity contribution in [2.75, 3.05) is 11.0 Å². The molecule has 3 heteroatoms. The van der Waals surface area contributed by atoms with Crippen LogP contribution in [-0.4, -0.2) is 28.3 Å². The number of rotatable bonds is 10. The molecule has 100 valence electrons. The van der Waals surface area contributed by atoms with Gasteiger partial charge in [0.2, 0.25) is 0 Å². The van der Waals surface area contributed by atoms with Gasteiger partial charge in [0.1, 0.15) is 0 Å². The minimum absolute atomic E-state index is 0.0970. The minimum atomic E-state index is -0.410. The highest BCUT2D eigenvalue weighted by Gasteiger charge is 2.13. The Labute approximate surface area is 119 Å². The number of aliphatic hydroxyl groups excluding tert-OH is 1. The summed E-state index contributed by atoms with van der Waals surface area (Å²) in [5, 5.41) is 9.31. The van der Waals surface area contributed by atoms with Crippen molar-refractivity contribution in [1.29, 1.82) is 0 Å². The molecule has 2 nitrogen and oxygen atoms in total. The molecule has 0 aromatic heterocycles. The summed E-state index contributed by atoms with van der Waals surface area (Å²) in [5.74, 6) is 1.02. The normalized spacial score (nSPS) is 18.1. The summed E-state index contributed by atoms with van der Waals surface area (Å²) < 4.78 is 6.65. The maximum absolute atomic E-state index is 9.31. The first-order valence-electron chi connectivity index (χ1n) is 6.15. The molecule has 4 atom stereocenters. The SMILES string of the molecule is C=CC(CI)CC(C=C)CCOC(C)C(C)O. The average molecular weight is 352 g/mol. The van der Waals surface area contributed by atoms with E-state index < -0.39 is 6.10 Å². The Hall–Kier alpha value is 0.130. The van der Waals surface area contributed by atoms with Crippen molar-refractivity contribution in [2.24, 2.45) is 11.8 Å². The minimum Gasteiger partial charge on any atom is -0.391 e. The first-order valence-corrected chi connectivity index (χ1v) is 7.68. The summed E-state index contributed by atoms with van der Waals surface area (Å²) in [5.41, 5.74) is 0. The largest absolute Gasteiger partial charge is 0.391 e. The van der Waals surface area contributed by atoms with E-state index in [2.05, 4.69) is 35.7 Å². The second-order valence-electron chi connectivity index (χ2n) is 4.49. The highest BCUT2D eigenvalue weighted by atomic mass is 127. The third-order valence-corrected chi connectivity index (χ3v) is 4.15. The zero-order valence-electron chi connectivity index (χ0n) is 10.9. The monoisotopic (exact) mass is 352 g/mol. The molecular weight excluding hydrogens is 327 g/mol. The van der Waals surface area contributed by atoms with Gasteiger partial charge in [-0.3, -0.25) is 0 Å². The van der Waals surface area contributed by atoms with Gasteiger partial charge in [-0.05, 0) is 38.5 Å². The van der Waals surface area contributed by atoms with Crippen molar-refractivity contribution < 1.29 is 9.84 Å². The molecule has 0 aliphatic carbocycles. The third-order valence-electron chi connectivity index (χ3n) is 3.02. The maximum Gasteiger partial charge on any atom is 0.0803 e. The Morgan fingerprint density at radius 3 is 2.24 bits per heavy atom. The molecule has 4 unspecified atom stereocenters. The van der Waals surface area contributed by atoms with Gasteiger partial charge in [-0.2, -0.15) is 0 Å². The fourth-order valence-corrected chi connectivity index (χ4v) is 2.21. The molecular formula is C14H25IO2. The molecule has 0 rings (SSSR count). The molecule has 0 spiro atoms. The van der Waals surface area contributed by atoms with Crippen LogP contribution in [0.25, 0.3) is 0 Å². The predicted octanol–water partition coefficient (Wildman–Crippen LogP) is 3.59. The zero-order chi connectivity index (χ0) is 13.3. The van der Waals surface area contributed by atoms with Crippen molar-refractivity contribution in [3.8, 4) is 0 Å². The van der Waals surface area contributed by atoms with Gasteiger partial charge in [-0.25, -0.2) is 0 Å². The average Bonchev–Trinajstić information content (AvgIpc) is 2.33. The van der Waals surface area contributed by atoms with E-state index in [1.807, 2.05) is 19.1 Å². The molecule has 0 aliphatic heterocycles. The molecule has 0 saturated heterocycles. The lowest BCUT2D eigenvalue weighted by atomic mass is 9.93. The van der Waals surface area contributed by atoms with Gasteiger partial charge in [0.15, 0.2) is 0 Å². The molecule has 0 aromatic carbocycles. The molecule has 0 aromatic rings. The van der Waals surface area contributed by atoms with Gasteiger partial charge in [-0.1, -0.05) is 34.7 Å². The van der Waals surface area contributed by atoms with E-state index in [0.717, 1.165) is 17.3 Å². The number of alkyl halides is 1. The van der Waals surface area contributed by atoms with Crippen LogP contribution < -0.4 is 0 Å². The summed E-state index contributed by atoms with van der Waals surface area (Å²) in [6.07, 6.45) is 5.55. The maximum atomic E-state index is 9.31. The highest BCUT2D eigenvalue weighted by Crippen LogP contribution is 2.20. The van der Waals surface area contributed by atoms with Crippen molar-refractivity contribution in [2.45, 2.75) is 38.9 Å². The van der Waals surface area contributed by atoms with Gasteiger partial charge in [0.05, 0.1) is 12.2 Å². The number of allylic oxidation sites excluding steroid dienone is 2. The lowest BCUT2D eigenvalue weighted by molar-refractivity contribution is -0.0215. The number of aliphatic hydroxyl groups is 1. The lowest BCUT2D eigenvalue weighted by Gasteiger charge is -2.19. The molecule has 0 fully saturated rings. The molecule has 0 aliphatic rings. The van der Waals surface area contributed by atoms with Crippen LogP contribution in [0.3, 0.4) is 0 Å². The Kier molecular flexibility index (Phi) is 10.2. The van der Waals surface area contributed by atoms with Crippen molar-refractivity contribution in [3.63, 3.8) is 0 Å². The van der Waals surface area contributed by atoms with Crippen molar-refractivity contribution in [3.05, 3.63) is 25.3 Å². The zero-order valence-corrected chi connectivity index (χ0v) is 13.1. The van der Waals surface area contributed by atoms with E-state index in [9.17, 15) is 5.11 Å². The van der Waals surface area contributed by atoms with Crippen molar-refractivity contribution >= 4 is 22.6 Å². The molecule has 0 saturated carbocycles. The summed E-state index contributed by atoms with van der Waals surface area (Å²) in [4.78, 5) is 0. The van der Waals surface area contributed by atoms with Gasteiger partial charge < -0.3 is 9.84 Å². The molecule has 0 amide bonds. The quantitative estimate of drug-likeness (QED) is 0.370. The smallest absolute Gasteiger partial charge is 0.0803 e. The Morgan fingerprint density at radius 2 is 1.82 bits per heavy atom. The number of ether oxygens (including phenoxy) is 1. The fourth-order valence-electron chi connectivity index (χ4n) is 1.49. The number of hydrogen-bond acceptors (Lipinski definition) is 2. The van der Waals surface area contributed by atoms with Crippen LogP contribution in [0, 0.1) is 11.8 Å². The van der Waals surface area contributed by atoms with Crippen LogP contribution in [0.1, 0.15) is 26.7 Å². The van der Waals surface area contributed by atoms with Gasteiger partial charge in [0.25, 0.3) is 0 Å². The van der Waals surface area contributed by atoms with Crippen LogP contribution in [-0.2, 0) is 4.74 Å². The van der Waals surface area contributed by atoms with Gasteiger partial charge >= 0.3 is 0 Å². The second kappa shape index (κ2) is 10.1. The van der Waals surface area contributed by atoms with Gasteiger partial charge in [-0.15, -0.1) is 13.2 Å². The Bertz CT molecular complexity index is 216. The predicted molar refractivity (Wildman–Crippen MR) is 82.6 cm³/mol. The fraction of sp³-hybridized carbons (Fsp3) is 0.714. The lowest BCUT2D eigenvalue weighted by Crippen LogP contribution is -2.23. The highest BCUT2D eigenvalue weighted by molar-refractivity contribution is 14.1. The van der Waals surface area contributed by atoms with Crippen LogP contribution in [0.15, 0.2) is 25.3 Å². The molecule has 17 heavy (non-hydrogen) atoms. The van der Waals surface area contributed by atoms with E-state index in [4.69, 9.17) is 4.74 Å². The van der Waals surface area contributed by atoms with E-state index in [-0.39, 0.29) is 6.10 Å². The summed E-state index contributed by atoms with van der Waals surface area (Å²) >= 11 is 2.39. The Balaban J connectivity index is 3.89. The molecule has 0 heterocycles. The Morgan fingerprint density at radius 1 is 1.24 bits per heavy atom. The first kappa shape index (κ1) is 17.1. The molecule has 0 bridgehead atoms. The molecule has 1 N–H and O–H groups in total. The first-order chi connectivity index (χ1) is 8.04. The topological polar surface area (TPSA) is 29.5 Å². The number of hydrogen-bond donors (Lipinski definition) is 1. The van der Waals surface area contributed by atoms with E-state index in [1.165, 1.54) is 0 Å². The standard InChI is InChI=1S/C14H25IO2/c1-5-13(9-14(6-2)10-15)7-8-17-12(4)11(3)16/h5-6,11-14,16H,1-2,7-10H2,3-4H3. The summed E-state index contributed by atoms with van der Waals surface area (Å²) in [6, 6.07) is 0. The van der Waals surface area contributed by atoms with E-state index >= 15 is 0 Å². The summed E-state index contributed by atoms with van der Waals surface area (Å²) in [7, 11) is 0. The van der Waals surface area contributed by atoms with Crippen molar-refractivity contribution in [1.82, 2.24) is 0 Å². The van der Waals surface area contributed by atoms with E-state index in [1.54, 1.807) is 6.92 Å². The van der Waals surface area contributed by atoms with Crippen LogP contribution in [0.4, 0.5) is 0 Å². The summed E-state index contributed by atoms with van der Waals surface area (Å²) in [6.45, 7) is 12.0. The van der Waals surface area contributed by atoms with Crippen LogP contribution in [0.5, 0.6) is 0 Å². The molecule has 0 radical (unpaired) electrons.